The second-order valence-corrected chi connectivity index (χ2v) is 5.77. The van der Waals surface area contributed by atoms with E-state index >= 15 is 0 Å². The lowest BCUT2D eigenvalue weighted by Crippen LogP contribution is -2.43. The van der Waals surface area contributed by atoms with Gasteiger partial charge in [-0.3, -0.25) is 9.69 Å². The molecule has 2 N–H and O–H groups in total. The van der Waals surface area contributed by atoms with E-state index in [1.807, 2.05) is 0 Å². The Morgan fingerprint density at radius 1 is 1.26 bits per heavy atom. The third-order valence-corrected chi connectivity index (χ3v) is 3.79. The Morgan fingerprint density at radius 3 is 2.57 bits per heavy atom. The highest BCUT2D eigenvalue weighted by molar-refractivity contribution is 5.38. The smallest absolute Gasteiger partial charge is 0.394 e. The highest BCUT2D eigenvalue weighted by atomic mass is 19.4. The van der Waals surface area contributed by atoms with Crippen molar-refractivity contribution in [2.45, 2.75) is 37.9 Å². The van der Waals surface area contributed by atoms with Crippen molar-refractivity contribution in [1.82, 2.24) is 9.47 Å². The van der Waals surface area contributed by atoms with Crippen molar-refractivity contribution in [3.8, 4) is 0 Å². The fourth-order valence-electron chi connectivity index (χ4n) is 2.68. The Hall–Kier alpha value is -1.64. The standard InChI is InChI=1S/C14H18F5N3O/c15-13(16)3-1-4-21(9-13)5-2-6-22-8-10(14(17,18)19)7-11(20)12(22)23/h7-8H,1-6,9,20H2. The van der Waals surface area contributed by atoms with E-state index in [1.165, 1.54) is 0 Å². The second kappa shape index (κ2) is 6.46. The topological polar surface area (TPSA) is 51.3 Å². The van der Waals surface area contributed by atoms with Gasteiger partial charge in [0.15, 0.2) is 0 Å². The number of alkyl halides is 5. The molecule has 0 atom stereocenters. The number of hydrogen-bond acceptors (Lipinski definition) is 3. The van der Waals surface area contributed by atoms with E-state index in [-0.39, 0.29) is 32.5 Å². The van der Waals surface area contributed by atoms with E-state index in [0.717, 1.165) is 4.57 Å². The van der Waals surface area contributed by atoms with Gasteiger partial charge in [-0.25, -0.2) is 8.78 Å². The molecule has 1 fully saturated rings. The average Bonchev–Trinajstić information content (AvgIpc) is 2.41. The molecule has 9 heteroatoms. The van der Waals surface area contributed by atoms with Crippen LogP contribution in [0.3, 0.4) is 0 Å². The zero-order valence-corrected chi connectivity index (χ0v) is 12.4. The number of nitrogens with zero attached hydrogens (tertiary/aromatic N) is 2. The van der Waals surface area contributed by atoms with Crippen molar-refractivity contribution in [2.24, 2.45) is 0 Å². The Bertz CT molecular complexity index is 611. The molecule has 0 aliphatic carbocycles. The molecule has 0 radical (unpaired) electrons. The molecule has 0 spiro atoms. The number of nitrogen functional groups attached to an aromatic ring is 1. The molecule has 0 unspecified atom stereocenters. The molecule has 1 aliphatic rings. The first kappa shape index (κ1) is 17.7. The zero-order chi connectivity index (χ0) is 17.3. The highest BCUT2D eigenvalue weighted by Gasteiger charge is 2.35. The van der Waals surface area contributed by atoms with Gasteiger partial charge >= 0.3 is 6.18 Å². The summed E-state index contributed by atoms with van der Waals surface area (Å²) in [6.07, 6.45) is -3.37. The van der Waals surface area contributed by atoms with E-state index in [2.05, 4.69) is 0 Å². The molecule has 1 aromatic rings. The molecular weight excluding hydrogens is 321 g/mol. The minimum Gasteiger partial charge on any atom is -0.394 e. The number of aryl methyl sites for hydroxylation is 1. The number of piperidine rings is 1. The molecular formula is C14H18F5N3O. The lowest BCUT2D eigenvalue weighted by atomic mass is 10.1. The summed E-state index contributed by atoms with van der Waals surface area (Å²) in [7, 11) is 0. The molecule has 0 aromatic carbocycles. The van der Waals surface area contributed by atoms with Crippen molar-refractivity contribution in [1.29, 1.82) is 0 Å². The van der Waals surface area contributed by atoms with Crippen molar-refractivity contribution >= 4 is 5.69 Å². The Balaban J connectivity index is 2.00. The third-order valence-electron chi connectivity index (χ3n) is 3.79. The molecule has 1 aromatic heterocycles. The van der Waals surface area contributed by atoms with Crippen LogP contribution in [0.4, 0.5) is 27.6 Å². The molecule has 130 valence electrons. The molecule has 0 saturated carbocycles. The number of rotatable bonds is 4. The number of hydrogen-bond donors (Lipinski definition) is 1. The van der Waals surface area contributed by atoms with Crippen LogP contribution in [0.2, 0.25) is 0 Å². The van der Waals surface area contributed by atoms with Gasteiger partial charge in [0.25, 0.3) is 11.5 Å². The predicted octanol–water partition coefficient (Wildman–Crippen LogP) is 2.57. The normalized spacial score (nSPS) is 19.0. The van der Waals surface area contributed by atoms with Crippen LogP contribution in [0.5, 0.6) is 0 Å². The van der Waals surface area contributed by atoms with Gasteiger partial charge in [0.1, 0.15) is 0 Å². The van der Waals surface area contributed by atoms with Gasteiger partial charge < -0.3 is 10.3 Å². The first-order chi connectivity index (χ1) is 10.6. The first-order valence-corrected chi connectivity index (χ1v) is 7.26. The quantitative estimate of drug-likeness (QED) is 0.858. The van der Waals surface area contributed by atoms with E-state index in [1.54, 1.807) is 4.90 Å². The minimum absolute atomic E-state index is 0.00494. The summed E-state index contributed by atoms with van der Waals surface area (Å²) in [5.41, 5.74) is 3.14. The van der Waals surface area contributed by atoms with Gasteiger partial charge in [-0.05, 0) is 25.5 Å². The van der Waals surface area contributed by atoms with E-state index < -0.39 is 28.9 Å². The van der Waals surface area contributed by atoms with Gasteiger partial charge in [-0.2, -0.15) is 13.2 Å². The van der Waals surface area contributed by atoms with E-state index in [4.69, 9.17) is 5.73 Å². The summed E-state index contributed by atoms with van der Waals surface area (Å²) in [6.45, 7) is 0.453. The first-order valence-electron chi connectivity index (χ1n) is 7.26. The summed E-state index contributed by atoms with van der Waals surface area (Å²) in [6, 6.07) is 0.601. The van der Waals surface area contributed by atoms with Crippen molar-refractivity contribution in [3.05, 3.63) is 28.2 Å². The van der Waals surface area contributed by atoms with Crippen LogP contribution in [-0.2, 0) is 12.7 Å². The summed E-state index contributed by atoms with van der Waals surface area (Å²) < 4.78 is 65.6. The Labute approximate surface area is 129 Å². The fourth-order valence-corrected chi connectivity index (χ4v) is 2.68. The molecule has 2 heterocycles. The van der Waals surface area contributed by atoms with Crippen LogP contribution in [0.25, 0.3) is 0 Å². The van der Waals surface area contributed by atoms with E-state index in [9.17, 15) is 26.7 Å². The number of anilines is 1. The number of pyridine rings is 1. The molecule has 1 saturated heterocycles. The lowest BCUT2D eigenvalue weighted by Gasteiger charge is -2.32. The summed E-state index contributed by atoms with van der Waals surface area (Å²) in [4.78, 5) is 13.3. The predicted molar refractivity (Wildman–Crippen MR) is 75.4 cm³/mol. The van der Waals surface area contributed by atoms with Gasteiger partial charge in [-0.15, -0.1) is 0 Å². The maximum absolute atomic E-state index is 13.3. The summed E-state index contributed by atoms with van der Waals surface area (Å²) >= 11 is 0. The van der Waals surface area contributed by atoms with Crippen molar-refractivity contribution in [2.75, 3.05) is 25.4 Å². The van der Waals surface area contributed by atoms with E-state index in [0.29, 0.717) is 25.2 Å². The van der Waals surface area contributed by atoms with Crippen LogP contribution in [0.1, 0.15) is 24.8 Å². The largest absolute Gasteiger partial charge is 0.417 e. The van der Waals surface area contributed by atoms with Gasteiger partial charge in [0.2, 0.25) is 0 Å². The second-order valence-electron chi connectivity index (χ2n) is 5.77. The number of aromatic nitrogens is 1. The van der Waals surface area contributed by atoms with Crippen molar-refractivity contribution < 1.29 is 22.0 Å². The lowest BCUT2D eigenvalue weighted by molar-refractivity contribution is -0.138. The van der Waals surface area contributed by atoms with Gasteiger partial charge in [-0.1, -0.05) is 0 Å². The van der Waals surface area contributed by atoms with Gasteiger partial charge in [0.05, 0.1) is 17.8 Å². The number of halogens is 5. The summed E-state index contributed by atoms with van der Waals surface area (Å²) in [5.74, 6) is -2.73. The van der Waals surface area contributed by atoms with Crippen LogP contribution in [-0.4, -0.2) is 35.0 Å². The van der Waals surface area contributed by atoms with Crippen LogP contribution < -0.4 is 11.3 Å². The maximum Gasteiger partial charge on any atom is 0.417 e. The third kappa shape index (κ3) is 4.66. The Kier molecular flexibility index (Phi) is 4.98. The SMILES string of the molecule is Nc1cc(C(F)(F)F)cn(CCCN2CCCC(F)(F)C2)c1=O. The molecule has 4 nitrogen and oxygen atoms in total. The monoisotopic (exact) mass is 339 g/mol. The number of likely N-dealkylation sites (tertiary alicyclic amines) is 1. The molecule has 0 bridgehead atoms. The van der Waals surface area contributed by atoms with Crippen LogP contribution in [0.15, 0.2) is 17.1 Å². The molecule has 2 rings (SSSR count). The Morgan fingerprint density at radius 2 is 1.96 bits per heavy atom. The minimum atomic E-state index is -4.60. The average molecular weight is 339 g/mol. The number of nitrogens with two attached hydrogens (primary N) is 1. The molecule has 0 amide bonds. The van der Waals surface area contributed by atoms with Crippen LogP contribution >= 0.6 is 0 Å². The zero-order valence-electron chi connectivity index (χ0n) is 12.4. The molecule has 23 heavy (non-hydrogen) atoms. The van der Waals surface area contributed by atoms with Crippen LogP contribution in [0, 0.1) is 0 Å². The van der Waals surface area contributed by atoms with Gasteiger partial charge in [0, 0.05) is 25.7 Å². The molecule has 1 aliphatic heterocycles. The maximum atomic E-state index is 13.3. The summed E-state index contributed by atoms with van der Waals surface area (Å²) in [5, 5.41) is 0. The van der Waals surface area contributed by atoms with Crippen molar-refractivity contribution in [3.63, 3.8) is 0 Å². The highest BCUT2D eigenvalue weighted by Crippen LogP contribution is 2.29. The fraction of sp³-hybridized carbons (Fsp3) is 0.643.